The van der Waals surface area contributed by atoms with Crippen LogP contribution in [0.3, 0.4) is 0 Å². The highest BCUT2D eigenvalue weighted by atomic mass is 16.5. The average molecular weight is 290 g/mol. The molecule has 5 heteroatoms. The number of β-amino-alcohol motifs (C(OH)–C–C–N with tert-alkyl or cyclic N) is 1. The number of morpholine rings is 1. The zero-order chi connectivity index (χ0) is 15.3. The maximum absolute atomic E-state index is 10.1. The summed E-state index contributed by atoms with van der Waals surface area (Å²) in [6.07, 6.45) is -0.576. The lowest BCUT2D eigenvalue weighted by molar-refractivity contribution is -0.0703. The Balaban J connectivity index is 1.84. The monoisotopic (exact) mass is 290 g/mol. The molecule has 0 spiro atoms. The van der Waals surface area contributed by atoms with Gasteiger partial charge in [-0.25, -0.2) is 0 Å². The van der Waals surface area contributed by atoms with Crippen molar-refractivity contribution in [1.29, 1.82) is 5.26 Å². The van der Waals surface area contributed by atoms with E-state index in [1.165, 1.54) is 0 Å². The van der Waals surface area contributed by atoms with Gasteiger partial charge < -0.3 is 14.6 Å². The van der Waals surface area contributed by atoms with E-state index in [2.05, 4.69) is 24.8 Å². The predicted molar refractivity (Wildman–Crippen MR) is 79.1 cm³/mol. The highest BCUT2D eigenvalue weighted by molar-refractivity contribution is 5.36. The maximum Gasteiger partial charge on any atom is 0.120 e. The second-order valence-corrected chi connectivity index (χ2v) is 5.92. The Kier molecular flexibility index (Phi) is 5.18. The molecule has 1 unspecified atom stereocenters. The van der Waals surface area contributed by atoms with E-state index in [0.29, 0.717) is 31.1 Å². The number of nitriles is 1. The van der Waals surface area contributed by atoms with Gasteiger partial charge in [-0.15, -0.1) is 0 Å². The van der Waals surface area contributed by atoms with Gasteiger partial charge in [0, 0.05) is 18.6 Å². The fourth-order valence-corrected chi connectivity index (χ4v) is 2.38. The Morgan fingerprint density at radius 2 is 2.33 bits per heavy atom. The second-order valence-electron chi connectivity index (χ2n) is 5.92. The van der Waals surface area contributed by atoms with Gasteiger partial charge >= 0.3 is 0 Å². The van der Waals surface area contributed by atoms with E-state index in [1.54, 1.807) is 24.3 Å². The zero-order valence-corrected chi connectivity index (χ0v) is 12.6. The minimum absolute atomic E-state index is 0.0695. The van der Waals surface area contributed by atoms with Crippen LogP contribution in [-0.4, -0.2) is 54.6 Å². The first-order valence-corrected chi connectivity index (χ1v) is 7.15. The van der Waals surface area contributed by atoms with Crippen LogP contribution in [0.5, 0.6) is 5.75 Å². The fraction of sp³-hybridized carbons (Fsp3) is 0.562. The SMILES string of the molecule is CC1(C)COCCN1CC(O)COc1cccc(C#N)c1. The van der Waals surface area contributed by atoms with Crippen LogP contribution in [-0.2, 0) is 4.74 Å². The molecule has 1 fully saturated rings. The molecule has 0 amide bonds. The van der Waals surface area contributed by atoms with Crippen LogP contribution >= 0.6 is 0 Å². The van der Waals surface area contributed by atoms with Gasteiger partial charge in [-0.05, 0) is 32.0 Å². The van der Waals surface area contributed by atoms with E-state index in [-0.39, 0.29) is 12.1 Å². The summed E-state index contributed by atoms with van der Waals surface area (Å²) in [4.78, 5) is 2.22. The van der Waals surface area contributed by atoms with E-state index in [1.807, 2.05) is 0 Å². The predicted octanol–water partition coefficient (Wildman–Crippen LogP) is 1.41. The molecule has 0 bridgehead atoms. The molecular weight excluding hydrogens is 268 g/mol. The molecule has 1 aliphatic rings. The number of aliphatic hydroxyl groups is 1. The molecule has 0 saturated carbocycles. The van der Waals surface area contributed by atoms with Crippen molar-refractivity contribution in [2.24, 2.45) is 0 Å². The summed E-state index contributed by atoms with van der Waals surface area (Å²) in [7, 11) is 0. The Bertz CT molecular complexity index is 510. The van der Waals surface area contributed by atoms with E-state index < -0.39 is 6.10 Å². The molecule has 0 aromatic heterocycles. The summed E-state index contributed by atoms with van der Waals surface area (Å²) in [5, 5.41) is 19.0. The molecule has 1 N–H and O–H groups in total. The molecule has 21 heavy (non-hydrogen) atoms. The van der Waals surface area contributed by atoms with Crippen molar-refractivity contribution in [1.82, 2.24) is 4.90 Å². The van der Waals surface area contributed by atoms with Crippen molar-refractivity contribution in [2.45, 2.75) is 25.5 Å². The van der Waals surface area contributed by atoms with Crippen LogP contribution < -0.4 is 4.74 Å². The highest BCUT2D eigenvalue weighted by Crippen LogP contribution is 2.19. The van der Waals surface area contributed by atoms with E-state index in [0.717, 1.165) is 6.54 Å². The van der Waals surface area contributed by atoms with Crippen molar-refractivity contribution < 1.29 is 14.6 Å². The quantitative estimate of drug-likeness (QED) is 0.888. The Hall–Kier alpha value is -1.61. The Labute approximate surface area is 125 Å². The van der Waals surface area contributed by atoms with Gasteiger partial charge in [-0.3, -0.25) is 4.90 Å². The van der Waals surface area contributed by atoms with E-state index >= 15 is 0 Å². The number of benzene rings is 1. The van der Waals surface area contributed by atoms with Gasteiger partial charge in [0.1, 0.15) is 18.5 Å². The van der Waals surface area contributed by atoms with Gasteiger partial charge in [0.15, 0.2) is 0 Å². The highest BCUT2D eigenvalue weighted by Gasteiger charge is 2.31. The van der Waals surface area contributed by atoms with Crippen LogP contribution in [0.4, 0.5) is 0 Å². The molecule has 114 valence electrons. The van der Waals surface area contributed by atoms with Gasteiger partial charge in [-0.2, -0.15) is 5.26 Å². The lowest BCUT2D eigenvalue weighted by Gasteiger charge is -2.42. The van der Waals surface area contributed by atoms with Crippen LogP contribution in [0.2, 0.25) is 0 Å². The topological polar surface area (TPSA) is 65.7 Å². The van der Waals surface area contributed by atoms with Gasteiger partial charge in [-0.1, -0.05) is 6.07 Å². The molecular formula is C16H22N2O3. The first-order chi connectivity index (χ1) is 10.0. The normalized spacial score (nSPS) is 19.7. The number of hydrogen-bond acceptors (Lipinski definition) is 5. The Morgan fingerprint density at radius 1 is 1.52 bits per heavy atom. The molecule has 0 aliphatic carbocycles. The summed E-state index contributed by atoms with van der Waals surface area (Å²) < 4.78 is 11.0. The third-order valence-corrected chi connectivity index (χ3v) is 3.65. The van der Waals surface area contributed by atoms with Crippen LogP contribution in [0.1, 0.15) is 19.4 Å². The molecule has 1 saturated heterocycles. The molecule has 0 radical (unpaired) electrons. The lowest BCUT2D eigenvalue weighted by atomic mass is 10.0. The molecule has 2 rings (SSSR count). The summed E-state index contributed by atoms with van der Waals surface area (Å²) in [6, 6.07) is 9.01. The maximum atomic E-state index is 10.1. The standard InChI is InChI=1S/C16H22N2O3/c1-16(2)12-20-7-6-18(16)10-14(19)11-21-15-5-3-4-13(8-15)9-17/h3-5,8,14,19H,6-7,10-12H2,1-2H3. The van der Waals surface area contributed by atoms with Crippen molar-refractivity contribution in [2.75, 3.05) is 32.9 Å². The van der Waals surface area contributed by atoms with Crippen molar-refractivity contribution in [3.63, 3.8) is 0 Å². The third-order valence-electron chi connectivity index (χ3n) is 3.65. The molecule has 1 aromatic carbocycles. The van der Waals surface area contributed by atoms with Crippen molar-refractivity contribution in [3.05, 3.63) is 29.8 Å². The van der Waals surface area contributed by atoms with Gasteiger partial charge in [0.05, 0.1) is 24.8 Å². The minimum atomic E-state index is -0.576. The van der Waals surface area contributed by atoms with Crippen LogP contribution in [0.25, 0.3) is 0 Å². The summed E-state index contributed by atoms with van der Waals surface area (Å²) in [5.41, 5.74) is 0.483. The van der Waals surface area contributed by atoms with Crippen LogP contribution in [0.15, 0.2) is 24.3 Å². The lowest BCUT2D eigenvalue weighted by Crippen LogP contribution is -2.55. The first kappa shape index (κ1) is 15.8. The number of rotatable bonds is 5. The Morgan fingerprint density at radius 3 is 3.05 bits per heavy atom. The average Bonchev–Trinajstić information content (AvgIpc) is 2.47. The number of ether oxygens (including phenoxy) is 2. The van der Waals surface area contributed by atoms with Crippen molar-refractivity contribution >= 4 is 0 Å². The number of nitrogens with zero attached hydrogens (tertiary/aromatic N) is 2. The largest absolute Gasteiger partial charge is 0.491 e. The molecule has 1 atom stereocenters. The van der Waals surface area contributed by atoms with Gasteiger partial charge in [0.2, 0.25) is 0 Å². The molecule has 1 aliphatic heterocycles. The zero-order valence-electron chi connectivity index (χ0n) is 12.6. The van der Waals surface area contributed by atoms with Crippen LogP contribution in [0, 0.1) is 11.3 Å². The summed E-state index contributed by atoms with van der Waals surface area (Å²) >= 11 is 0. The first-order valence-electron chi connectivity index (χ1n) is 7.15. The summed E-state index contributed by atoms with van der Waals surface area (Å²) in [5.74, 6) is 0.606. The third kappa shape index (κ3) is 4.43. The van der Waals surface area contributed by atoms with Crippen molar-refractivity contribution in [3.8, 4) is 11.8 Å². The molecule has 5 nitrogen and oxygen atoms in total. The number of hydrogen-bond donors (Lipinski definition) is 1. The number of aliphatic hydroxyl groups excluding tert-OH is 1. The molecule has 1 aromatic rings. The smallest absolute Gasteiger partial charge is 0.120 e. The molecule has 1 heterocycles. The van der Waals surface area contributed by atoms with Gasteiger partial charge in [0.25, 0.3) is 0 Å². The van der Waals surface area contributed by atoms with E-state index in [9.17, 15) is 5.11 Å². The van der Waals surface area contributed by atoms with E-state index in [4.69, 9.17) is 14.7 Å². The summed E-state index contributed by atoms with van der Waals surface area (Å²) in [6.45, 7) is 7.16. The minimum Gasteiger partial charge on any atom is -0.491 e. The fourth-order valence-electron chi connectivity index (χ4n) is 2.38. The second kappa shape index (κ2) is 6.90.